The maximum atomic E-state index is 12.8. The largest absolute Gasteiger partial charge is 0.388 e. The zero-order valence-corrected chi connectivity index (χ0v) is 16.6. The predicted octanol–water partition coefficient (Wildman–Crippen LogP) is 4.57. The van der Waals surface area contributed by atoms with E-state index in [0.717, 1.165) is 43.2 Å². The second-order valence-electron chi connectivity index (χ2n) is 6.95. The standard InChI is InChI=1S/C21H20N2O3.C2H6/c1-22-18-9-8-14(12-17(18)21(13-24)10-4-5-11-21)23-19(25)15-6-2-3-7-16(15)20(23)26;1-2/h2-3,6-9,12-13,22H,4-5,10-11H2,1H3;1-2H3. The number of nitrogens with zero attached hydrogens (tertiary/aromatic N) is 1. The van der Waals surface area contributed by atoms with Crippen molar-refractivity contribution >= 4 is 29.5 Å². The lowest BCUT2D eigenvalue weighted by atomic mass is 9.79. The van der Waals surface area contributed by atoms with E-state index in [9.17, 15) is 14.4 Å². The molecule has 1 saturated carbocycles. The van der Waals surface area contributed by atoms with Gasteiger partial charge in [0, 0.05) is 12.7 Å². The molecular weight excluding hydrogens is 352 g/mol. The van der Waals surface area contributed by atoms with Gasteiger partial charge >= 0.3 is 0 Å². The van der Waals surface area contributed by atoms with Crippen molar-refractivity contribution in [1.82, 2.24) is 0 Å². The first-order valence-electron chi connectivity index (χ1n) is 9.88. The molecule has 0 atom stereocenters. The number of aldehydes is 1. The van der Waals surface area contributed by atoms with Crippen LogP contribution in [0.1, 0.15) is 65.8 Å². The molecule has 2 aromatic rings. The van der Waals surface area contributed by atoms with Crippen LogP contribution in [-0.4, -0.2) is 25.1 Å². The first kappa shape index (κ1) is 19.8. The Bertz CT molecular complexity index is 879. The number of hydrogen-bond acceptors (Lipinski definition) is 4. The number of imide groups is 1. The summed E-state index contributed by atoms with van der Waals surface area (Å²) in [4.78, 5) is 38.7. The molecule has 2 aromatic carbocycles. The Morgan fingerprint density at radius 1 is 0.964 bits per heavy atom. The predicted molar refractivity (Wildman–Crippen MR) is 111 cm³/mol. The van der Waals surface area contributed by atoms with Crippen molar-refractivity contribution in [2.75, 3.05) is 17.3 Å². The topological polar surface area (TPSA) is 66.5 Å². The maximum Gasteiger partial charge on any atom is 0.266 e. The normalized spacial score (nSPS) is 17.0. The van der Waals surface area contributed by atoms with Gasteiger partial charge in [-0.2, -0.15) is 0 Å². The van der Waals surface area contributed by atoms with Gasteiger partial charge < -0.3 is 10.1 Å². The van der Waals surface area contributed by atoms with Crippen LogP contribution in [0.3, 0.4) is 0 Å². The molecule has 28 heavy (non-hydrogen) atoms. The van der Waals surface area contributed by atoms with Gasteiger partial charge in [0.15, 0.2) is 0 Å². The van der Waals surface area contributed by atoms with E-state index in [1.165, 1.54) is 4.90 Å². The molecule has 2 aliphatic rings. The third kappa shape index (κ3) is 3.01. The van der Waals surface area contributed by atoms with Gasteiger partial charge in [0.2, 0.25) is 0 Å². The van der Waals surface area contributed by atoms with E-state index in [1.807, 2.05) is 33.0 Å². The van der Waals surface area contributed by atoms with Crippen LogP contribution in [0.15, 0.2) is 42.5 Å². The van der Waals surface area contributed by atoms with E-state index < -0.39 is 5.41 Å². The number of carbonyl (C=O) groups excluding carboxylic acids is 3. The summed E-state index contributed by atoms with van der Waals surface area (Å²) in [5, 5.41) is 3.14. The Morgan fingerprint density at radius 2 is 1.54 bits per heavy atom. The molecule has 1 fully saturated rings. The summed E-state index contributed by atoms with van der Waals surface area (Å²) < 4.78 is 0. The van der Waals surface area contributed by atoms with Crippen molar-refractivity contribution in [3.63, 3.8) is 0 Å². The minimum absolute atomic E-state index is 0.319. The average molecular weight is 378 g/mol. The van der Waals surface area contributed by atoms with Crippen LogP contribution in [0.25, 0.3) is 0 Å². The second-order valence-corrected chi connectivity index (χ2v) is 6.95. The van der Waals surface area contributed by atoms with Crippen molar-refractivity contribution in [3.05, 3.63) is 59.2 Å². The maximum absolute atomic E-state index is 12.8. The van der Waals surface area contributed by atoms with Gasteiger partial charge in [0.1, 0.15) is 6.29 Å². The van der Waals surface area contributed by atoms with Crippen LogP contribution < -0.4 is 10.2 Å². The average Bonchev–Trinajstić information content (AvgIpc) is 3.34. The third-order valence-electron chi connectivity index (χ3n) is 5.58. The number of amides is 2. The molecule has 0 bridgehead atoms. The fourth-order valence-corrected chi connectivity index (χ4v) is 4.18. The van der Waals surface area contributed by atoms with Crippen LogP contribution >= 0.6 is 0 Å². The van der Waals surface area contributed by atoms with Crippen molar-refractivity contribution in [3.8, 4) is 0 Å². The molecule has 0 aromatic heterocycles. The SMILES string of the molecule is CC.CNc1ccc(N2C(=O)c3ccccc3C2=O)cc1C1(C=O)CCCC1. The lowest BCUT2D eigenvalue weighted by Gasteiger charge is -2.27. The number of hydrogen-bond donors (Lipinski definition) is 1. The minimum Gasteiger partial charge on any atom is -0.388 e. The molecule has 0 saturated heterocycles. The van der Waals surface area contributed by atoms with Crippen molar-refractivity contribution in [2.24, 2.45) is 0 Å². The van der Waals surface area contributed by atoms with E-state index in [0.29, 0.717) is 16.8 Å². The van der Waals surface area contributed by atoms with Gasteiger partial charge in [0.25, 0.3) is 11.8 Å². The zero-order chi connectivity index (χ0) is 20.3. The molecule has 5 heteroatoms. The van der Waals surface area contributed by atoms with E-state index in [4.69, 9.17) is 0 Å². The highest BCUT2D eigenvalue weighted by Crippen LogP contribution is 2.44. The molecule has 0 radical (unpaired) electrons. The lowest BCUT2D eigenvalue weighted by molar-refractivity contribution is -0.112. The molecule has 146 valence electrons. The summed E-state index contributed by atoms with van der Waals surface area (Å²) in [7, 11) is 1.81. The number of fused-ring (bicyclic) bond motifs is 1. The van der Waals surface area contributed by atoms with E-state index in [2.05, 4.69) is 5.32 Å². The fourth-order valence-electron chi connectivity index (χ4n) is 4.18. The van der Waals surface area contributed by atoms with E-state index in [-0.39, 0.29) is 11.8 Å². The summed E-state index contributed by atoms with van der Waals surface area (Å²) >= 11 is 0. The number of carbonyl (C=O) groups is 3. The Balaban J connectivity index is 0.00000109. The Kier molecular flexibility index (Phi) is 5.63. The van der Waals surface area contributed by atoms with Crippen LogP contribution in [0.5, 0.6) is 0 Å². The molecule has 1 N–H and O–H groups in total. The summed E-state index contributed by atoms with van der Waals surface area (Å²) in [6, 6.07) is 12.3. The van der Waals surface area contributed by atoms with Gasteiger partial charge in [-0.3, -0.25) is 9.59 Å². The Morgan fingerprint density at radius 3 is 2.04 bits per heavy atom. The number of nitrogens with one attached hydrogen (secondary N) is 1. The van der Waals surface area contributed by atoms with Crippen molar-refractivity contribution < 1.29 is 14.4 Å². The fraction of sp³-hybridized carbons (Fsp3) is 0.348. The van der Waals surface area contributed by atoms with Crippen molar-refractivity contribution in [2.45, 2.75) is 44.9 Å². The van der Waals surface area contributed by atoms with Crippen molar-refractivity contribution in [1.29, 1.82) is 0 Å². The molecular formula is C23H26N2O3. The highest BCUT2D eigenvalue weighted by atomic mass is 16.2. The molecule has 1 heterocycles. The summed E-state index contributed by atoms with van der Waals surface area (Å²) in [6.07, 6.45) is 4.61. The first-order valence-corrected chi connectivity index (χ1v) is 9.88. The molecule has 0 unspecified atom stereocenters. The van der Waals surface area contributed by atoms with Crippen LogP contribution in [0.2, 0.25) is 0 Å². The summed E-state index contributed by atoms with van der Waals surface area (Å²) in [5.74, 6) is -0.638. The number of anilines is 2. The van der Waals surface area contributed by atoms with E-state index in [1.54, 1.807) is 30.3 Å². The highest BCUT2D eigenvalue weighted by Gasteiger charge is 2.40. The number of benzene rings is 2. The second kappa shape index (κ2) is 7.97. The molecule has 4 rings (SSSR count). The molecule has 0 spiro atoms. The number of rotatable bonds is 4. The zero-order valence-electron chi connectivity index (χ0n) is 16.6. The quantitative estimate of drug-likeness (QED) is 0.625. The smallest absolute Gasteiger partial charge is 0.266 e. The minimum atomic E-state index is -0.549. The first-order chi connectivity index (χ1) is 13.6. The van der Waals surface area contributed by atoms with Crippen LogP contribution in [0.4, 0.5) is 11.4 Å². The third-order valence-corrected chi connectivity index (χ3v) is 5.58. The molecule has 5 nitrogen and oxygen atoms in total. The van der Waals surface area contributed by atoms with E-state index >= 15 is 0 Å². The van der Waals surface area contributed by atoms with Gasteiger partial charge in [-0.25, -0.2) is 4.90 Å². The molecule has 1 aliphatic carbocycles. The summed E-state index contributed by atoms with van der Waals surface area (Å²) in [5.41, 5.74) is 2.53. The highest BCUT2D eigenvalue weighted by molar-refractivity contribution is 6.34. The van der Waals surface area contributed by atoms with Gasteiger partial charge in [0.05, 0.1) is 22.2 Å². The summed E-state index contributed by atoms with van der Waals surface area (Å²) in [6.45, 7) is 4.00. The van der Waals surface area contributed by atoms with Gasteiger partial charge in [-0.05, 0) is 48.7 Å². The van der Waals surface area contributed by atoms with Gasteiger partial charge in [-0.1, -0.05) is 38.8 Å². The van der Waals surface area contributed by atoms with Gasteiger partial charge in [-0.15, -0.1) is 0 Å². The van der Waals surface area contributed by atoms with Crippen LogP contribution in [-0.2, 0) is 10.2 Å². The molecule has 1 aliphatic heterocycles. The Labute approximate surface area is 165 Å². The monoisotopic (exact) mass is 378 g/mol. The molecule has 2 amide bonds. The van der Waals surface area contributed by atoms with Crippen LogP contribution in [0, 0.1) is 0 Å². The lowest BCUT2D eigenvalue weighted by Crippen LogP contribution is -2.31. The Hall–Kier alpha value is -2.95.